The van der Waals surface area contributed by atoms with Crippen LogP contribution in [0.2, 0.25) is 0 Å². The number of nitrogens with zero attached hydrogens (tertiary/aromatic N) is 3. The Kier molecular flexibility index (Phi) is 4.86. The molecule has 0 radical (unpaired) electrons. The average molecular weight is 426 g/mol. The van der Waals surface area contributed by atoms with Gasteiger partial charge in [0.2, 0.25) is 5.91 Å². The maximum Gasteiger partial charge on any atom is 0.249 e. The molecule has 1 saturated heterocycles. The van der Waals surface area contributed by atoms with Crippen molar-refractivity contribution < 1.29 is 9.53 Å². The van der Waals surface area contributed by atoms with Gasteiger partial charge in [0, 0.05) is 23.2 Å². The van der Waals surface area contributed by atoms with Crippen molar-refractivity contribution in [3.8, 4) is 22.0 Å². The van der Waals surface area contributed by atoms with Crippen LogP contribution in [-0.2, 0) is 16.1 Å². The highest BCUT2D eigenvalue weighted by atomic mass is 32.1. The number of imidazole rings is 1. The Bertz CT molecular complexity index is 1170. The monoisotopic (exact) mass is 425 g/mol. The molecule has 9 heteroatoms. The van der Waals surface area contributed by atoms with Gasteiger partial charge in [-0.3, -0.25) is 4.79 Å². The van der Waals surface area contributed by atoms with Crippen LogP contribution in [0, 0.1) is 6.92 Å². The summed E-state index contributed by atoms with van der Waals surface area (Å²) >= 11 is 3.17. The van der Waals surface area contributed by atoms with Crippen molar-refractivity contribution >= 4 is 38.8 Å². The minimum Gasteiger partial charge on any atom is -0.368 e. The summed E-state index contributed by atoms with van der Waals surface area (Å²) in [5, 5.41) is 5.80. The lowest BCUT2D eigenvalue weighted by atomic mass is 10.1. The van der Waals surface area contributed by atoms with E-state index in [1.165, 1.54) is 0 Å². The zero-order valence-corrected chi connectivity index (χ0v) is 17.4. The molecule has 1 amide bonds. The molecule has 1 unspecified atom stereocenters. The standard InChI is InChI=1S/C20H19N5O2S2/c1-11-9-28-20(23-11)18-17(12-4-5-13-15(7-12)29-10-22-13)24-16(25-18)8-21-19(26)14-3-2-6-27-14/h4-5,7,9-10,14H,2-3,6,8H2,1H3,(H,21,26)(H,24,25). The topological polar surface area (TPSA) is 92.8 Å². The van der Waals surface area contributed by atoms with Crippen molar-refractivity contribution in [2.45, 2.75) is 32.4 Å². The van der Waals surface area contributed by atoms with Gasteiger partial charge in [0.15, 0.2) is 0 Å². The van der Waals surface area contributed by atoms with Gasteiger partial charge in [0.25, 0.3) is 0 Å². The van der Waals surface area contributed by atoms with E-state index < -0.39 is 0 Å². The van der Waals surface area contributed by atoms with Gasteiger partial charge in [0.1, 0.15) is 22.6 Å². The van der Waals surface area contributed by atoms with E-state index in [1.807, 2.05) is 29.9 Å². The molecule has 1 fully saturated rings. The van der Waals surface area contributed by atoms with Gasteiger partial charge >= 0.3 is 0 Å². The Balaban J connectivity index is 1.47. The first kappa shape index (κ1) is 18.4. The molecule has 2 N–H and O–H groups in total. The average Bonchev–Trinajstić information content (AvgIpc) is 3.52. The minimum atomic E-state index is -0.348. The van der Waals surface area contributed by atoms with Crippen molar-refractivity contribution in [1.82, 2.24) is 25.3 Å². The van der Waals surface area contributed by atoms with Gasteiger partial charge in [-0.25, -0.2) is 15.0 Å². The van der Waals surface area contributed by atoms with Crippen LogP contribution in [-0.4, -0.2) is 38.6 Å². The van der Waals surface area contributed by atoms with E-state index >= 15 is 0 Å². The number of thiazole rings is 2. The fourth-order valence-corrected chi connectivity index (χ4v) is 4.92. The molecule has 148 valence electrons. The predicted octanol–water partition coefficient (Wildman–Crippen LogP) is 3.91. The molecule has 4 aromatic rings. The first-order chi connectivity index (χ1) is 14.2. The van der Waals surface area contributed by atoms with Crippen LogP contribution in [0.1, 0.15) is 24.4 Å². The molecule has 0 spiro atoms. The highest BCUT2D eigenvalue weighted by Gasteiger charge is 2.24. The first-order valence-corrected chi connectivity index (χ1v) is 11.2. The van der Waals surface area contributed by atoms with E-state index in [0.29, 0.717) is 19.0 Å². The molecule has 1 aromatic carbocycles. The zero-order chi connectivity index (χ0) is 19.8. The van der Waals surface area contributed by atoms with E-state index in [4.69, 9.17) is 9.72 Å². The molecule has 5 rings (SSSR count). The molecular weight excluding hydrogens is 406 g/mol. The number of aryl methyl sites for hydroxylation is 1. The Morgan fingerprint density at radius 3 is 3.07 bits per heavy atom. The van der Waals surface area contributed by atoms with Crippen molar-refractivity contribution in [3.05, 3.63) is 40.6 Å². The maximum absolute atomic E-state index is 12.3. The number of nitrogens with one attached hydrogen (secondary N) is 2. The molecule has 1 aliphatic heterocycles. The van der Waals surface area contributed by atoms with Crippen LogP contribution in [0.15, 0.2) is 29.1 Å². The van der Waals surface area contributed by atoms with Crippen LogP contribution in [0.4, 0.5) is 0 Å². The summed E-state index contributed by atoms with van der Waals surface area (Å²) < 4.78 is 6.57. The third-order valence-corrected chi connectivity index (χ3v) is 6.61. The second-order valence-corrected chi connectivity index (χ2v) is 8.70. The largest absolute Gasteiger partial charge is 0.368 e. The summed E-state index contributed by atoms with van der Waals surface area (Å²) in [7, 11) is 0. The number of hydrogen-bond donors (Lipinski definition) is 2. The number of rotatable bonds is 5. The summed E-state index contributed by atoms with van der Waals surface area (Å²) in [5.41, 5.74) is 6.51. The van der Waals surface area contributed by atoms with E-state index in [1.54, 1.807) is 22.7 Å². The van der Waals surface area contributed by atoms with Gasteiger partial charge < -0.3 is 15.0 Å². The molecule has 0 bridgehead atoms. The molecule has 3 aromatic heterocycles. The number of hydrogen-bond acceptors (Lipinski definition) is 7. The lowest BCUT2D eigenvalue weighted by Gasteiger charge is -2.08. The molecular formula is C20H19N5O2S2. The van der Waals surface area contributed by atoms with E-state index in [9.17, 15) is 4.79 Å². The first-order valence-electron chi connectivity index (χ1n) is 9.42. The fourth-order valence-electron chi connectivity index (χ4n) is 3.41. The van der Waals surface area contributed by atoms with E-state index in [2.05, 4.69) is 26.3 Å². The number of ether oxygens (including phenoxy) is 1. The minimum absolute atomic E-state index is 0.0850. The Morgan fingerprint density at radius 2 is 2.28 bits per heavy atom. The van der Waals surface area contributed by atoms with Crippen molar-refractivity contribution in [3.63, 3.8) is 0 Å². The number of aromatic nitrogens is 4. The summed E-state index contributed by atoms with van der Waals surface area (Å²) in [5.74, 6) is 0.608. The number of amides is 1. The number of fused-ring (bicyclic) bond motifs is 1. The predicted molar refractivity (Wildman–Crippen MR) is 114 cm³/mol. The summed E-state index contributed by atoms with van der Waals surface area (Å²) in [6, 6.07) is 6.16. The van der Waals surface area contributed by atoms with Gasteiger partial charge in [-0.15, -0.1) is 22.7 Å². The highest BCUT2D eigenvalue weighted by Crippen LogP contribution is 2.34. The lowest BCUT2D eigenvalue weighted by Crippen LogP contribution is -2.33. The van der Waals surface area contributed by atoms with Gasteiger partial charge in [-0.1, -0.05) is 6.07 Å². The molecule has 0 aliphatic carbocycles. The smallest absolute Gasteiger partial charge is 0.249 e. The number of H-pyrrole nitrogens is 1. The molecule has 7 nitrogen and oxygen atoms in total. The number of carbonyl (C=O) groups is 1. The van der Waals surface area contributed by atoms with Crippen LogP contribution in [0.25, 0.3) is 32.2 Å². The van der Waals surface area contributed by atoms with Gasteiger partial charge in [-0.05, 0) is 31.9 Å². The highest BCUT2D eigenvalue weighted by molar-refractivity contribution is 7.16. The second kappa shape index (κ2) is 7.66. The number of benzene rings is 1. The molecule has 1 atom stereocenters. The Hall–Kier alpha value is -2.62. The molecule has 29 heavy (non-hydrogen) atoms. The van der Waals surface area contributed by atoms with Gasteiger partial charge in [0.05, 0.1) is 28.0 Å². The summed E-state index contributed by atoms with van der Waals surface area (Å²) in [6.07, 6.45) is 1.35. The van der Waals surface area contributed by atoms with E-state index in [0.717, 1.165) is 50.7 Å². The summed E-state index contributed by atoms with van der Waals surface area (Å²) in [6.45, 7) is 2.94. The molecule has 1 aliphatic rings. The van der Waals surface area contributed by atoms with Crippen molar-refractivity contribution in [1.29, 1.82) is 0 Å². The Labute approximate surface area is 175 Å². The van der Waals surface area contributed by atoms with Crippen LogP contribution in [0.3, 0.4) is 0 Å². The molecule has 4 heterocycles. The maximum atomic E-state index is 12.3. The Morgan fingerprint density at radius 1 is 1.34 bits per heavy atom. The number of aromatic amines is 1. The normalized spacial score (nSPS) is 16.5. The third kappa shape index (κ3) is 3.68. The van der Waals surface area contributed by atoms with Crippen LogP contribution >= 0.6 is 22.7 Å². The number of carbonyl (C=O) groups excluding carboxylic acids is 1. The zero-order valence-electron chi connectivity index (χ0n) is 15.8. The van der Waals surface area contributed by atoms with E-state index in [-0.39, 0.29) is 12.0 Å². The van der Waals surface area contributed by atoms with Crippen LogP contribution in [0.5, 0.6) is 0 Å². The van der Waals surface area contributed by atoms with Crippen molar-refractivity contribution in [2.24, 2.45) is 0 Å². The summed E-state index contributed by atoms with van der Waals surface area (Å²) in [4.78, 5) is 29.4. The fraction of sp³-hybridized carbons (Fsp3) is 0.300. The lowest BCUT2D eigenvalue weighted by molar-refractivity contribution is -0.130. The SMILES string of the molecule is Cc1csc(-c2nc(CNC(=O)C3CCCO3)[nH]c2-c2ccc3ncsc3c2)n1. The third-order valence-electron chi connectivity index (χ3n) is 4.85. The molecule has 0 saturated carbocycles. The van der Waals surface area contributed by atoms with Crippen LogP contribution < -0.4 is 5.32 Å². The van der Waals surface area contributed by atoms with Gasteiger partial charge in [-0.2, -0.15) is 0 Å². The van der Waals surface area contributed by atoms with Crippen molar-refractivity contribution in [2.75, 3.05) is 6.61 Å². The quantitative estimate of drug-likeness (QED) is 0.506. The second-order valence-electron chi connectivity index (χ2n) is 6.96.